The molecule has 3 aromatic rings. The predicted octanol–water partition coefficient (Wildman–Crippen LogP) is 4.84. The summed E-state index contributed by atoms with van der Waals surface area (Å²) in [6.07, 6.45) is 1.18. The lowest BCUT2D eigenvalue weighted by Gasteiger charge is -2.10. The predicted molar refractivity (Wildman–Crippen MR) is 106 cm³/mol. The van der Waals surface area contributed by atoms with Crippen LogP contribution in [0.1, 0.15) is 28.8 Å². The molecule has 4 nitrogen and oxygen atoms in total. The maximum Gasteiger partial charge on any atom is 0.275 e. The quantitative estimate of drug-likeness (QED) is 0.363. The molecule has 0 fully saturated rings. The van der Waals surface area contributed by atoms with Crippen molar-refractivity contribution in [2.75, 3.05) is 5.88 Å². The average Bonchev–Trinajstić information content (AvgIpc) is 2.68. The van der Waals surface area contributed by atoms with E-state index in [0.717, 1.165) is 5.39 Å². The van der Waals surface area contributed by atoms with E-state index in [4.69, 9.17) is 11.6 Å². The maximum absolute atomic E-state index is 13.2. The topological polar surface area (TPSA) is 61.7 Å². The summed E-state index contributed by atoms with van der Waals surface area (Å²) in [6.45, 7) is 0. The Kier molecular flexibility index (Phi) is 6.04. The minimum absolute atomic E-state index is 0.120. The number of halogens is 2. The number of amides is 1. The van der Waals surface area contributed by atoms with Crippen molar-refractivity contribution in [3.63, 3.8) is 0 Å². The minimum atomic E-state index is -0.519. The number of phenols is 1. The number of rotatable bonds is 6. The van der Waals surface area contributed by atoms with Crippen molar-refractivity contribution < 1.29 is 14.3 Å². The highest BCUT2D eigenvalue weighted by atomic mass is 35.5. The van der Waals surface area contributed by atoms with E-state index in [2.05, 4.69) is 10.5 Å². The number of aromatic hydroxyl groups is 1. The fourth-order valence-electron chi connectivity index (χ4n) is 2.81. The second-order valence-corrected chi connectivity index (χ2v) is 6.36. The Hall–Kier alpha value is -2.92. The van der Waals surface area contributed by atoms with Crippen molar-refractivity contribution >= 4 is 34.0 Å². The highest BCUT2D eigenvalue weighted by molar-refractivity contribution is 6.18. The van der Waals surface area contributed by atoms with Gasteiger partial charge in [0, 0.05) is 5.88 Å². The van der Waals surface area contributed by atoms with E-state index in [9.17, 15) is 14.3 Å². The van der Waals surface area contributed by atoms with E-state index in [-0.39, 0.29) is 17.1 Å². The molecule has 0 saturated carbocycles. The van der Waals surface area contributed by atoms with Gasteiger partial charge in [-0.3, -0.25) is 4.79 Å². The van der Waals surface area contributed by atoms with Crippen molar-refractivity contribution in [3.8, 4) is 5.75 Å². The van der Waals surface area contributed by atoms with Crippen LogP contribution < -0.4 is 5.43 Å². The molecule has 0 saturated heterocycles. The van der Waals surface area contributed by atoms with Crippen LogP contribution in [0.2, 0.25) is 0 Å². The molecular weight excluding hydrogens is 367 g/mol. The fourth-order valence-corrected chi connectivity index (χ4v) is 2.95. The standard InChI is InChI=1S/C21H18ClFN2O2/c22-13-3-6-18(15-7-10-16(23)11-8-15)24-25-21(27)20-17-5-2-1-4-14(17)9-12-19(20)26/h1-2,4-5,7-12,26H,3,6,13H2,(H,25,27). The summed E-state index contributed by atoms with van der Waals surface area (Å²) in [7, 11) is 0. The zero-order chi connectivity index (χ0) is 19.2. The second kappa shape index (κ2) is 8.64. The van der Waals surface area contributed by atoms with E-state index in [1.807, 2.05) is 12.1 Å². The van der Waals surface area contributed by atoms with Crippen LogP contribution in [0.15, 0.2) is 65.8 Å². The van der Waals surface area contributed by atoms with Crippen LogP contribution in [0.5, 0.6) is 5.75 Å². The summed E-state index contributed by atoms with van der Waals surface area (Å²) < 4.78 is 13.2. The molecule has 27 heavy (non-hydrogen) atoms. The van der Waals surface area contributed by atoms with Crippen LogP contribution in [0.3, 0.4) is 0 Å². The zero-order valence-electron chi connectivity index (χ0n) is 14.5. The first-order valence-electron chi connectivity index (χ1n) is 8.49. The summed E-state index contributed by atoms with van der Waals surface area (Å²) in [5, 5.41) is 15.8. The average molecular weight is 385 g/mol. The SMILES string of the molecule is O=C(NN=C(CCCCl)c1ccc(F)cc1)c1c(O)ccc2ccccc12. The highest BCUT2D eigenvalue weighted by Crippen LogP contribution is 2.27. The first-order valence-corrected chi connectivity index (χ1v) is 9.03. The molecular formula is C21H18ClFN2O2. The van der Waals surface area contributed by atoms with Gasteiger partial charge in [0.15, 0.2) is 0 Å². The minimum Gasteiger partial charge on any atom is -0.507 e. The van der Waals surface area contributed by atoms with Gasteiger partial charge in [-0.25, -0.2) is 9.82 Å². The van der Waals surface area contributed by atoms with Gasteiger partial charge in [-0.05, 0) is 47.4 Å². The Morgan fingerprint density at radius 1 is 1.07 bits per heavy atom. The van der Waals surface area contributed by atoms with E-state index < -0.39 is 5.91 Å². The number of nitrogens with one attached hydrogen (secondary N) is 1. The molecule has 0 aliphatic heterocycles. The molecule has 2 N–H and O–H groups in total. The van der Waals surface area contributed by atoms with Crippen molar-refractivity contribution in [1.29, 1.82) is 0 Å². The van der Waals surface area contributed by atoms with E-state index in [0.29, 0.717) is 35.4 Å². The van der Waals surface area contributed by atoms with Gasteiger partial charge in [-0.15, -0.1) is 11.6 Å². The van der Waals surface area contributed by atoms with E-state index in [1.165, 1.54) is 18.2 Å². The van der Waals surface area contributed by atoms with Crippen molar-refractivity contribution in [2.24, 2.45) is 5.10 Å². The third kappa shape index (κ3) is 4.44. The number of carbonyl (C=O) groups excluding carboxylic acids is 1. The van der Waals surface area contributed by atoms with Gasteiger partial charge in [0.2, 0.25) is 0 Å². The fraction of sp³-hybridized carbons (Fsp3) is 0.143. The summed E-state index contributed by atoms with van der Waals surface area (Å²) in [4.78, 5) is 12.7. The van der Waals surface area contributed by atoms with Crippen LogP contribution in [0.25, 0.3) is 10.8 Å². The van der Waals surface area contributed by atoms with Crippen molar-refractivity contribution in [3.05, 3.63) is 77.6 Å². The van der Waals surface area contributed by atoms with E-state index >= 15 is 0 Å². The third-order valence-electron chi connectivity index (χ3n) is 4.15. The van der Waals surface area contributed by atoms with Crippen LogP contribution in [-0.2, 0) is 0 Å². The van der Waals surface area contributed by atoms with Crippen LogP contribution in [0.4, 0.5) is 4.39 Å². The number of nitrogens with zero attached hydrogens (tertiary/aromatic N) is 1. The van der Waals surface area contributed by atoms with Crippen molar-refractivity contribution in [1.82, 2.24) is 5.43 Å². The first kappa shape index (κ1) is 18.9. The summed E-state index contributed by atoms with van der Waals surface area (Å²) in [5.41, 5.74) is 3.95. The lowest BCUT2D eigenvalue weighted by molar-refractivity contribution is 0.0954. The normalized spacial score (nSPS) is 11.6. The Balaban J connectivity index is 1.91. The molecule has 0 heterocycles. The monoisotopic (exact) mass is 384 g/mol. The molecule has 0 aliphatic rings. The second-order valence-electron chi connectivity index (χ2n) is 5.98. The Morgan fingerprint density at radius 2 is 1.81 bits per heavy atom. The number of fused-ring (bicyclic) bond motifs is 1. The Labute approximate surface area is 161 Å². The molecule has 0 bridgehead atoms. The molecule has 3 aromatic carbocycles. The Morgan fingerprint density at radius 3 is 2.56 bits per heavy atom. The lowest BCUT2D eigenvalue weighted by Crippen LogP contribution is -2.20. The number of alkyl halides is 1. The number of phenolic OH excluding ortho intramolecular Hbond substituents is 1. The van der Waals surface area contributed by atoms with Crippen LogP contribution >= 0.6 is 11.6 Å². The molecule has 0 aromatic heterocycles. The molecule has 0 unspecified atom stereocenters. The maximum atomic E-state index is 13.2. The number of hydrogen-bond acceptors (Lipinski definition) is 3. The molecule has 138 valence electrons. The van der Waals surface area contributed by atoms with Crippen LogP contribution in [-0.4, -0.2) is 22.6 Å². The third-order valence-corrected chi connectivity index (χ3v) is 4.42. The smallest absolute Gasteiger partial charge is 0.275 e. The van der Waals surface area contributed by atoms with Gasteiger partial charge in [-0.1, -0.05) is 42.5 Å². The number of hydrazone groups is 1. The largest absolute Gasteiger partial charge is 0.507 e. The molecule has 0 atom stereocenters. The van der Waals surface area contributed by atoms with Gasteiger partial charge in [-0.2, -0.15) is 5.10 Å². The van der Waals surface area contributed by atoms with Gasteiger partial charge in [0.25, 0.3) is 5.91 Å². The number of carbonyl (C=O) groups is 1. The van der Waals surface area contributed by atoms with Gasteiger partial charge in [0.05, 0.1) is 11.3 Å². The molecule has 0 radical (unpaired) electrons. The molecule has 0 spiro atoms. The summed E-state index contributed by atoms with van der Waals surface area (Å²) >= 11 is 5.77. The summed E-state index contributed by atoms with van der Waals surface area (Å²) in [5.74, 6) is -0.543. The van der Waals surface area contributed by atoms with E-state index in [1.54, 1.807) is 30.3 Å². The first-order chi connectivity index (χ1) is 13.1. The van der Waals surface area contributed by atoms with Gasteiger partial charge >= 0.3 is 0 Å². The summed E-state index contributed by atoms with van der Waals surface area (Å²) in [6, 6.07) is 16.4. The van der Waals surface area contributed by atoms with Crippen LogP contribution in [0, 0.1) is 5.82 Å². The number of benzene rings is 3. The molecule has 1 amide bonds. The Bertz CT molecular complexity index is 987. The highest BCUT2D eigenvalue weighted by Gasteiger charge is 2.15. The van der Waals surface area contributed by atoms with Crippen molar-refractivity contribution in [2.45, 2.75) is 12.8 Å². The lowest BCUT2D eigenvalue weighted by atomic mass is 10.0. The van der Waals surface area contributed by atoms with Gasteiger partial charge in [0.1, 0.15) is 11.6 Å². The number of hydrogen-bond donors (Lipinski definition) is 2. The zero-order valence-corrected chi connectivity index (χ0v) is 15.2. The van der Waals surface area contributed by atoms with Gasteiger partial charge < -0.3 is 5.11 Å². The molecule has 3 rings (SSSR count). The molecule has 0 aliphatic carbocycles. The molecule has 6 heteroatoms.